The maximum absolute atomic E-state index is 13.2. The summed E-state index contributed by atoms with van der Waals surface area (Å²) >= 11 is 1.58. The average molecular weight is 330 g/mol. The quantitative estimate of drug-likeness (QED) is 0.850. The van der Waals surface area contributed by atoms with Crippen LogP contribution in [0.5, 0.6) is 0 Å². The van der Waals surface area contributed by atoms with Crippen LogP contribution in [0.3, 0.4) is 0 Å². The molecule has 3 nitrogen and oxygen atoms in total. The number of nitrogens with zero attached hydrogens (tertiary/aromatic N) is 2. The number of aryl methyl sites for hydroxylation is 1. The summed E-state index contributed by atoms with van der Waals surface area (Å²) in [6.07, 6.45) is 0. The molecule has 1 aliphatic rings. The molecule has 0 radical (unpaired) electrons. The molecule has 1 aliphatic heterocycles. The van der Waals surface area contributed by atoms with Gasteiger partial charge in [-0.3, -0.25) is 9.69 Å². The molecule has 1 fully saturated rings. The Morgan fingerprint density at radius 3 is 2.48 bits per heavy atom. The second-order valence-corrected chi connectivity index (χ2v) is 6.91. The smallest absolute Gasteiger partial charge is 0.238 e. The highest BCUT2D eigenvalue weighted by atomic mass is 32.2. The van der Waals surface area contributed by atoms with Crippen LogP contribution in [0, 0.1) is 12.7 Å². The first kappa shape index (κ1) is 15.9. The summed E-state index contributed by atoms with van der Waals surface area (Å²) < 4.78 is 13.2. The van der Waals surface area contributed by atoms with Gasteiger partial charge in [0, 0.05) is 25.5 Å². The molecule has 1 amide bonds. The molecule has 5 heteroatoms. The van der Waals surface area contributed by atoms with Crippen molar-refractivity contribution in [1.82, 2.24) is 0 Å². The Balaban J connectivity index is 1.98. The number of thioether (sulfide) groups is 1. The fourth-order valence-corrected chi connectivity index (χ4v) is 3.92. The predicted octanol–water partition coefficient (Wildman–Crippen LogP) is 3.98. The first-order valence-electron chi connectivity index (χ1n) is 7.44. The Kier molecular flexibility index (Phi) is 4.31. The summed E-state index contributed by atoms with van der Waals surface area (Å²) in [5.41, 5.74) is 4.02. The van der Waals surface area contributed by atoms with Crippen LogP contribution in [0.4, 0.5) is 15.8 Å². The summed E-state index contributed by atoms with van der Waals surface area (Å²) in [7, 11) is 3.99. The number of halogens is 1. The molecular weight excluding hydrogens is 311 g/mol. The third kappa shape index (κ3) is 3.06. The van der Waals surface area contributed by atoms with Gasteiger partial charge in [0.1, 0.15) is 11.2 Å². The largest absolute Gasteiger partial charge is 0.378 e. The molecule has 0 bridgehead atoms. The van der Waals surface area contributed by atoms with Crippen molar-refractivity contribution in [3.8, 4) is 0 Å². The maximum Gasteiger partial charge on any atom is 0.238 e. The monoisotopic (exact) mass is 330 g/mol. The van der Waals surface area contributed by atoms with E-state index >= 15 is 0 Å². The summed E-state index contributed by atoms with van der Waals surface area (Å²) in [6, 6.07) is 12.5. The molecule has 1 saturated heterocycles. The van der Waals surface area contributed by atoms with E-state index in [1.807, 2.05) is 43.0 Å². The van der Waals surface area contributed by atoms with Crippen molar-refractivity contribution in [3.05, 3.63) is 59.4 Å². The number of rotatable bonds is 3. The standard InChI is InChI=1S/C18H19FN2OS/c1-12-10-15(20(2)3)8-9-16(12)21-17(22)11-23-18(21)13-4-6-14(19)7-5-13/h4-10,18H,11H2,1-3H3. The van der Waals surface area contributed by atoms with E-state index in [1.165, 1.54) is 12.1 Å². The SMILES string of the molecule is Cc1cc(N(C)C)ccc1N1C(=O)CSC1c1ccc(F)cc1. The Bertz CT molecular complexity index is 730. The number of benzene rings is 2. The van der Waals surface area contributed by atoms with Crippen LogP contribution in [0.15, 0.2) is 42.5 Å². The van der Waals surface area contributed by atoms with Crippen LogP contribution in [0.1, 0.15) is 16.5 Å². The van der Waals surface area contributed by atoms with Gasteiger partial charge in [0.05, 0.1) is 5.75 Å². The van der Waals surface area contributed by atoms with E-state index in [2.05, 4.69) is 6.07 Å². The Labute approximate surface area is 140 Å². The van der Waals surface area contributed by atoms with Gasteiger partial charge in [0.25, 0.3) is 0 Å². The van der Waals surface area contributed by atoms with Crippen LogP contribution in [-0.2, 0) is 4.79 Å². The topological polar surface area (TPSA) is 23.6 Å². The van der Waals surface area contributed by atoms with Crippen molar-refractivity contribution in [2.75, 3.05) is 29.6 Å². The van der Waals surface area contributed by atoms with Gasteiger partial charge in [0.15, 0.2) is 0 Å². The zero-order valence-corrected chi connectivity index (χ0v) is 14.2. The number of anilines is 2. The fraction of sp³-hybridized carbons (Fsp3) is 0.278. The van der Waals surface area contributed by atoms with Crippen LogP contribution in [-0.4, -0.2) is 25.8 Å². The van der Waals surface area contributed by atoms with Gasteiger partial charge in [-0.25, -0.2) is 4.39 Å². The lowest BCUT2D eigenvalue weighted by Crippen LogP contribution is -2.28. The summed E-state index contributed by atoms with van der Waals surface area (Å²) in [6.45, 7) is 2.01. The lowest BCUT2D eigenvalue weighted by atomic mass is 10.1. The van der Waals surface area contributed by atoms with E-state index in [9.17, 15) is 9.18 Å². The van der Waals surface area contributed by atoms with Gasteiger partial charge in [-0.05, 0) is 48.4 Å². The number of hydrogen-bond donors (Lipinski definition) is 0. The molecule has 1 heterocycles. The minimum Gasteiger partial charge on any atom is -0.378 e. The molecule has 120 valence electrons. The van der Waals surface area contributed by atoms with Gasteiger partial charge in [0.2, 0.25) is 5.91 Å². The van der Waals surface area contributed by atoms with E-state index in [0.29, 0.717) is 5.75 Å². The molecule has 2 aromatic carbocycles. The summed E-state index contributed by atoms with van der Waals surface area (Å²) in [4.78, 5) is 16.3. The molecule has 3 rings (SSSR count). The van der Waals surface area contributed by atoms with Crippen LogP contribution in [0.2, 0.25) is 0 Å². The van der Waals surface area contributed by atoms with E-state index in [4.69, 9.17) is 0 Å². The minimum absolute atomic E-state index is 0.0880. The molecule has 0 N–H and O–H groups in total. The van der Waals surface area contributed by atoms with E-state index in [1.54, 1.807) is 23.9 Å². The van der Waals surface area contributed by atoms with Gasteiger partial charge in [-0.15, -0.1) is 11.8 Å². The molecule has 2 aromatic rings. The van der Waals surface area contributed by atoms with Gasteiger partial charge >= 0.3 is 0 Å². The second-order valence-electron chi connectivity index (χ2n) is 5.84. The van der Waals surface area contributed by atoms with Crippen molar-refractivity contribution in [2.24, 2.45) is 0 Å². The van der Waals surface area contributed by atoms with Crippen molar-refractivity contribution in [3.63, 3.8) is 0 Å². The lowest BCUT2D eigenvalue weighted by Gasteiger charge is -2.27. The van der Waals surface area contributed by atoms with Crippen molar-refractivity contribution < 1.29 is 9.18 Å². The van der Waals surface area contributed by atoms with Crippen LogP contribution >= 0.6 is 11.8 Å². The zero-order chi connectivity index (χ0) is 16.6. The van der Waals surface area contributed by atoms with Crippen molar-refractivity contribution >= 4 is 29.0 Å². The number of amides is 1. The molecule has 1 atom stereocenters. The van der Waals surface area contributed by atoms with Crippen LogP contribution < -0.4 is 9.80 Å². The van der Waals surface area contributed by atoms with Crippen LogP contribution in [0.25, 0.3) is 0 Å². The highest BCUT2D eigenvalue weighted by Crippen LogP contribution is 2.43. The molecule has 1 unspecified atom stereocenters. The summed E-state index contributed by atoms with van der Waals surface area (Å²) in [5.74, 6) is 0.267. The first-order chi connectivity index (χ1) is 11.0. The van der Waals surface area contributed by atoms with Crippen molar-refractivity contribution in [2.45, 2.75) is 12.3 Å². The molecular formula is C18H19FN2OS. The van der Waals surface area contributed by atoms with Gasteiger partial charge < -0.3 is 4.90 Å². The lowest BCUT2D eigenvalue weighted by molar-refractivity contribution is -0.115. The molecule has 0 saturated carbocycles. The minimum atomic E-state index is -0.263. The van der Waals surface area contributed by atoms with E-state index in [-0.39, 0.29) is 17.1 Å². The molecule has 23 heavy (non-hydrogen) atoms. The highest BCUT2D eigenvalue weighted by molar-refractivity contribution is 8.00. The highest BCUT2D eigenvalue weighted by Gasteiger charge is 2.34. The number of carbonyl (C=O) groups excluding carboxylic acids is 1. The third-order valence-corrected chi connectivity index (χ3v) is 5.19. The maximum atomic E-state index is 13.2. The molecule has 0 aromatic heterocycles. The second kappa shape index (κ2) is 6.24. The first-order valence-corrected chi connectivity index (χ1v) is 8.49. The predicted molar refractivity (Wildman–Crippen MR) is 94.6 cm³/mol. The third-order valence-electron chi connectivity index (χ3n) is 3.98. The van der Waals surface area contributed by atoms with Crippen molar-refractivity contribution in [1.29, 1.82) is 0 Å². The molecule has 0 spiro atoms. The number of hydrogen-bond acceptors (Lipinski definition) is 3. The summed E-state index contributed by atoms with van der Waals surface area (Å²) in [5, 5.41) is -0.105. The Morgan fingerprint density at radius 1 is 1.17 bits per heavy atom. The molecule has 0 aliphatic carbocycles. The Hall–Kier alpha value is -2.01. The fourth-order valence-electron chi connectivity index (χ4n) is 2.75. The number of carbonyl (C=O) groups is 1. The average Bonchev–Trinajstić information content (AvgIpc) is 2.89. The van der Waals surface area contributed by atoms with Gasteiger partial charge in [-0.1, -0.05) is 12.1 Å². The van der Waals surface area contributed by atoms with E-state index in [0.717, 1.165) is 22.5 Å². The van der Waals surface area contributed by atoms with Gasteiger partial charge in [-0.2, -0.15) is 0 Å². The normalized spacial score (nSPS) is 17.7. The van der Waals surface area contributed by atoms with E-state index < -0.39 is 0 Å². The zero-order valence-electron chi connectivity index (χ0n) is 13.4. The Morgan fingerprint density at radius 2 is 1.87 bits per heavy atom.